The number of aromatic nitrogens is 3. The second-order valence-electron chi connectivity index (χ2n) is 10.2. The second-order valence-corrected chi connectivity index (χ2v) is 10.2. The molecule has 2 aromatic heterocycles. The number of carboxylic acid groups (broad SMARTS) is 1. The number of hydrogen-bond acceptors (Lipinski definition) is 6. The predicted molar refractivity (Wildman–Crippen MR) is 131 cm³/mol. The monoisotopic (exact) mass is 528 g/mol. The van der Waals surface area contributed by atoms with Gasteiger partial charge < -0.3 is 24.5 Å². The van der Waals surface area contributed by atoms with Crippen molar-refractivity contribution in [2.24, 2.45) is 0 Å². The third kappa shape index (κ3) is 4.94. The number of hydrogen-bond donors (Lipinski definition) is 2. The van der Waals surface area contributed by atoms with Crippen LogP contribution in [0.4, 0.5) is 19.0 Å². The average molecular weight is 529 g/mol. The molecule has 2 atom stereocenters. The molecule has 2 saturated heterocycles. The number of anilines is 1. The van der Waals surface area contributed by atoms with Gasteiger partial charge in [-0.2, -0.15) is 0 Å². The average Bonchev–Trinajstić information content (AvgIpc) is 3.58. The van der Waals surface area contributed by atoms with Crippen LogP contribution in [0, 0.1) is 0 Å². The van der Waals surface area contributed by atoms with E-state index in [4.69, 9.17) is 9.84 Å². The normalized spacial score (nSPS) is 23.0. The van der Waals surface area contributed by atoms with Crippen LogP contribution in [0.5, 0.6) is 5.75 Å². The highest BCUT2D eigenvalue weighted by atomic mass is 19.4. The minimum absolute atomic E-state index is 0.00789. The number of alkyl halides is 3. The van der Waals surface area contributed by atoms with Crippen LogP contribution in [-0.4, -0.2) is 50.6 Å². The van der Waals surface area contributed by atoms with Crippen LogP contribution in [0.3, 0.4) is 0 Å². The fourth-order valence-electron chi connectivity index (χ4n) is 5.91. The third-order valence-electron chi connectivity index (χ3n) is 7.69. The molecule has 0 amide bonds. The van der Waals surface area contributed by atoms with E-state index in [0.717, 1.165) is 49.8 Å². The summed E-state index contributed by atoms with van der Waals surface area (Å²) in [6.07, 6.45) is 5.38. The summed E-state index contributed by atoms with van der Waals surface area (Å²) >= 11 is 0. The number of ether oxygens (including phenoxy) is 2. The summed E-state index contributed by atoms with van der Waals surface area (Å²) in [5.74, 6) is -0.306. The number of rotatable bonds is 8. The maximum atomic E-state index is 13.1. The molecule has 1 aromatic carbocycles. The van der Waals surface area contributed by atoms with Gasteiger partial charge in [0.25, 0.3) is 0 Å². The number of nitrogens with zero attached hydrogens (tertiary/aromatic N) is 3. The number of carbonyl (C=O) groups is 1. The zero-order chi connectivity index (χ0) is 26.4. The van der Waals surface area contributed by atoms with E-state index >= 15 is 0 Å². The smallest absolute Gasteiger partial charge is 0.476 e. The summed E-state index contributed by atoms with van der Waals surface area (Å²) in [6, 6.07) is 6.61. The largest absolute Gasteiger partial charge is 0.573 e. The van der Waals surface area contributed by atoms with Gasteiger partial charge in [0.15, 0.2) is 5.69 Å². The number of H-pyrrole nitrogens is 1. The van der Waals surface area contributed by atoms with Crippen molar-refractivity contribution in [2.45, 2.75) is 75.6 Å². The summed E-state index contributed by atoms with van der Waals surface area (Å²) < 4.78 is 50.0. The molecule has 38 heavy (non-hydrogen) atoms. The first-order valence-electron chi connectivity index (χ1n) is 12.8. The highest BCUT2D eigenvalue weighted by Gasteiger charge is 2.42. The molecule has 1 saturated carbocycles. The van der Waals surface area contributed by atoms with Crippen LogP contribution in [0.15, 0.2) is 42.9 Å². The first-order chi connectivity index (χ1) is 18.3. The number of benzene rings is 1. The van der Waals surface area contributed by atoms with Gasteiger partial charge in [-0.15, -0.1) is 13.2 Å². The van der Waals surface area contributed by atoms with E-state index in [0.29, 0.717) is 29.5 Å². The van der Waals surface area contributed by atoms with Gasteiger partial charge in [0.05, 0.1) is 25.1 Å². The van der Waals surface area contributed by atoms with E-state index < -0.39 is 12.3 Å². The van der Waals surface area contributed by atoms with Gasteiger partial charge in [0, 0.05) is 40.7 Å². The highest BCUT2D eigenvalue weighted by Crippen LogP contribution is 2.46. The fraction of sp³-hybridized carbons (Fsp3) is 0.444. The Kier molecular flexibility index (Phi) is 6.25. The summed E-state index contributed by atoms with van der Waals surface area (Å²) in [6.45, 7) is 0.294. The molecule has 2 aliphatic heterocycles. The molecule has 2 N–H and O–H groups in total. The van der Waals surface area contributed by atoms with Gasteiger partial charge in [0.2, 0.25) is 0 Å². The van der Waals surface area contributed by atoms with Crippen molar-refractivity contribution in [3.05, 3.63) is 59.8 Å². The Labute approximate surface area is 216 Å². The Morgan fingerprint density at radius 3 is 2.42 bits per heavy atom. The second kappa shape index (κ2) is 9.61. The molecule has 0 spiro atoms. The van der Waals surface area contributed by atoms with Gasteiger partial charge >= 0.3 is 12.3 Å². The maximum absolute atomic E-state index is 13.1. The van der Waals surface area contributed by atoms with Gasteiger partial charge in [-0.1, -0.05) is 18.2 Å². The van der Waals surface area contributed by atoms with Gasteiger partial charge in [-0.25, -0.2) is 14.8 Å². The Bertz CT molecular complexity index is 1310. The lowest BCUT2D eigenvalue weighted by molar-refractivity contribution is -0.274. The molecule has 0 radical (unpaired) electrons. The Hall–Kier alpha value is -3.60. The van der Waals surface area contributed by atoms with Crippen molar-refractivity contribution in [1.29, 1.82) is 0 Å². The first-order valence-corrected chi connectivity index (χ1v) is 12.8. The van der Waals surface area contributed by atoms with Crippen molar-refractivity contribution in [3.8, 4) is 16.9 Å². The van der Waals surface area contributed by atoms with Crippen molar-refractivity contribution in [1.82, 2.24) is 15.0 Å². The molecule has 1 aliphatic carbocycles. The molecule has 11 heteroatoms. The van der Waals surface area contributed by atoms with Crippen LogP contribution in [0.2, 0.25) is 0 Å². The van der Waals surface area contributed by atoms with E-state index in [1.54, 1.807) is 18.3 Å². The lowest BCUT2D eigenvalue weighted by Crippen LogP contribution is -2.46. The number of fused-ring (bicyclic) bond motifs is 2. The lowest BCUT2D eigenvalue weighted by atomic mass is 9.98. The van der Waals surface area contributed by atoms with Crippen molar-refractivity contribution >= 4 is 11.8 Å². The van der Waals surface area contributed by atoms with Crippen LogP contribution in [-0.2, 0) is 11.3 Å². The Morgan fingerprint density at radius 1 is 1.05 bits per heavy atom. The fourth-order valence-corrected chi connectivity index (χ4v) is 5.91. The molecule has 3 aliphatic rings. The zero-order valence-corrected chi connectivity index (χ0v) is 20.4. The molecule has 2 unspecified atom stereocenters. The number of aromatic carboxylic acids is 1. The summed E-state index contributed by atoms with van der Waals surface area (Å²) in [5.41, 5.74) is 2.87. The van der Waals surface area contributed by atoms with Crippen LogP contribution in [0.25, 0.3) is 11.1 Å². The molecular weight excluding hydrogens is 501 g/mol. The predicted octanol–water partition coefficient (Wildman–Crippen LogP) is 5.66. The van der Waals surface area contributed by atoms with Crippen LogP contribution >= 0.6 is 0 Å². The molecule has 3 aromatic rings. The van der Waals surface area contributed by atoms with Crippen LogP contribution in [0.1, 0.15) is 66.2 Å². The molecule has 4 heterocycles. The van der Waals surface area contributed by atoms with Crippen molar-refractivity contribution in [3.63, 3.8) is 0 Å². The van der Waals surface area contributed by atoms with E-state index in [2.05, 4.69) is 24.6 Å². The minimum Gasteiger partial charge on any atom is -0.476 e. The topological polar surface area (TPSA) is 101 Å². The molecule has 8 nitrogen and oxygen atoms in total. The van der Waals surface area contributed by atoms with E-state index in [-0.39, 0.29) is 29.6 Å². The molecule has 6 rings (SSSR count). The number of piperidine rings is 1. The van der Waals surface area contributed by atoms with Crippen LogP contribution < -0.4 is 9.64 Å². The quantitative estimate of drug-likeness (QED) is 0.389. The Balaban J connectivity index is 1.19. The summed E-state index contributed by atoms with van der Waals surface area (Å²) in [4.78, 5) is 25.0. The number of halogens is 3. The number of nitrogens with one attached hydrogen (secondary N) is 1. The number of carboxylic acids is 1. The minimum atomic E-state index is -4.78. The number of para-hydroxylation sites is 1. The van der Waals surface area contributed by atoms with Crippen molar-refractivity contribution < 1.29 is 32.5 Å². The first kappa shape index (κ1) is 24.7. The molecule has 2 bridgehead atoms. The zero-order valence-electron chi connectivity index (χ0n) is 20.4. The highest BCUT2D eigenvalue weighted by molar-refractivity contribution is 5.85. The van der Waals surface area contributed by atoms with Gasteiger partial charge in [0.1, 0.15) is 11.6 Å². The standard InChI is InChI=1S/C27H27F3N4O4/c28-27(29,30)38-23-4-2-1-3-19(23)20-11-33-25(15-5-6-15)21(20)14-37-18-9-16-7-8-17(10-18)34(16)24-13-31-22(12-32-24)26(35)36/h1-4,11-13,15-18,33H,5-10,14H2,(H,35,36). The number of aromatic amines is 1. The van der Waals surface area contributed by atoms with E-state index in [1.807, 2.05) is 0 Å². The van der Waals surface area contributed by atoms with E-state index in [1.165, 1.54) is 24.5 Å². The van der Waals surface area contributed by atoms with Gasteiger partial charge in [-0.3, -0.25) is 0 Å². The molecule has 200 valence electrons. The maximum Gasteiger partial charge on any atom is 0.573 e. The summed E-state index contributed by atoms with van der Waals surface area (Å²) in [7, 11) is 0. The third-order valence-corrected chi connectivity index (χ3v) is 7.69. The lowest BCUT2D eigenvalue weighted by Gasteiger charge is -2.39. The van der Waals surface area contributed by atoms with Gasteiger partial charge in [-0.05, 0) is 50.5 Å². The molecular formula is C27H27F3N4O4. The molecule has 3 fully saturated rings. The van der Waals surface area contributed by atoms with Crippen molar-refractivity contribution in [2.75, 3.05) is 4.90 Å². The van der Waals surface area contributed by atoms with E-state index in [9.17, 15) is 18.0 Å². The SMILES string of the molecule is O=C(O)c1cnc(N2C3CCC2CC(OCc2c(-c4ccccc4OC(F)(F)F)c[nH]c2C2CC2)C3)cn1. The Morgan fingerprint density at radius 2 is 1.79 bits per heavy atom. The summed E-state index contributed by atoms with van der Waals surface area (Å²) in [5, 5.41) is 9.10.